The van der Waals surface area contributed by atoms with E-state index in [1.165, 1.54) is 0 Å². The van der Waals surface area contributed by atoms with Crippen LogP contribution in [-0.4, -0.2) is 35.2 Å². The fourth-order valence-corrected chi connectivity index (χ4v) is 4.40. The van der Waals surface area contributed by atoms with Gasteiger partial charge in [0.05, 0.1) is 6.61 Å². The summed E-state index contributed by atoms with van der Waals surface area (Å²) in [7, 11) is 0. The van der Waals surface area contributed by atoms with Gasteiger partial charge in [0.1, 0.15) is 11.4 Å². The molecule has 2 atom stereocenters. The summed E-state index contributed by atoms with van der Waals surface area (Å²) >= 11 is 7.71. The molecule has 0 radical (unpaired) electrons. The minimum absolute atomic E-state index is 0.00858. The van der Waals surface area contributed by atoms with Gasteiger partial charge in [-0.3, -0.25) is 4.79 Å². The molecule has 25 heavy (non-hydrogen) atoms. The topological polar surface area (TPSA) is 46.6 Å². The van der Waals surface area contributed by atoms with Crippen molar-refractivity contribution in [3.63, 3.8) is 0 Å². The summed E-state index contributed by atoms with van der Waals surface area (Å²) in [5, 5.41) is 0.444. The molecule has 6 heteroatoms. The number of hydrogen-bond acceptors (Lipinski definition) is 4. The third kappa shape index (κ3) is 5.38. The van der Waals surface area contributed by atoms with Crippen LogP contribution in [0.2, 0.25) is 5.02 Å². The zero-order chi connectivity index (χ0) is 18.2. The number of unbranched alkanes of at least 4 members (excludes halogenated alkanes) is 2. The van der Waals surface area contributed by atoms with Gasteiger partial charge < -0.3 is 9.64 Å². The van der Waals surface area contributed by atoms with Crippen LogP contribution in [0.1, 0.15) is 56.9 Å². The number of ether oxygens (including phenoxy) is 1. The number of carbonyl (C=O) groups excluding carboxylic acids is 2. The Bertz CT molecular complexity index is 596. The van der Waals surface area contributed by atoms with E-state index in [4.69, 9.17) is 16.3 Å². The Kier molecular flexibility index (Phi) is 8.10. The van der Waals surface area contributed by atoms with E-state index in [-0.39, 0.29) is 17.3 Å². The van der Waals surface area contributed by atoms with Crippen molar-refractivity contribution in [1.29, 1.82) is 0 Å². The van der Waals surface area contributed by atoms with E-state index in [2.05, 4.69) is 13.8 Å². The molecule has 0 saturated carbocycles. The summed E-state index contributed by atoms with van der Waals surface area (Å²) in [5.74, 6) is 0.268. The standard InChI is InChI=1S/C19H26ClNO3S/c1-3-5-10-17(22)21-16(19(23)24-11-6-4-2)13-25-18(21)14-8-7-9-15(20)12-14/h7-9,12,16,18H,3-6,10-11,13H2,1-2H3. The number of carbonyl (C=O) groups is 2. The molecule has 0 N–H and O–H groups in total. The Morgan fingerprint density at radius 3 is 2.72 bits per heavy atom. The van der Waals surface area contributed by atoms with Gasteiger partial charge in [0, 0.05) is 17.2 Å². The molecule has 1 saturated heterocycles. The second-order valence-corrected chi connectivity index (χ2v) is 7.73. The number of benzene rings is 1. The monoisotopic (exact) mass is 383 g/mol. The van der Waals surface area contributed by atoms with Crippen molar-refractivity contribution in [1.82, 2.24) is 4.90 Å². The summed E-state index contributed by atoms with van der Waals surface area (Å²) < 4.78 is 5.39. The second-order valence-electron chi connectivity index (χ2n) is 6.18. The van der Waals surface area contributed by atoms with E-state index in [0.717, 1.165) is 31.2 Å². The van der Waals surface area contributed by atoms with Crippen LogP contribution < -0.4 is 0 Å². The Labute approximate surface area is 159 Å². The lowest BCUT2D eigenvalue weighted by Gasteiger charge is -2.28. The lowest BCUT2D eigenvalue weighted by molar-refractivity contribution is -0.154. The van der Waals surface area contributed by atoms with Gasteiger partial charge in [-0.1, -0.05) is 50.4 Å². The molecule has 2 rings (SSSR count). The van der Waals surface area contributed by atoms with Gasteiger partial charge in [0.2, 0.25) is 5.91 Å². The number of nitrogens with zero attached hydrogens (tertiary/aromatic N) is 1. The smallest absolute Gasteiger partial charge is 0.329 e. The Hall–Kier alpha value is -1.20. The van der Waals surface area contributed by atoms with Crippen molar-refractivity contribution in [2.45, 2.75) is 57.4 Å². The van der Waals surface area contributed by atoms with E-state index in [0.29, 0.717) is 23.8 Å². The van der Waals surface area contributed by atoms with Crippen LogP contribution in [0.5, 0.6) is 0 Å². The fraction of sp³-hybridized carbons (Fsp3) is 0.579. The summed E-state index contributed by atoms with van der Waals surface area (Å²) in [4.78, 5) is 27.0. The maximum Gasteiger partial charge on any atom is 0.329 e. The van der Waals surface area contributed by atoms with E-state index >= 15 is 0 Å². The first-order chi connectivity index (χ1) is 12.1. The van der Waals surface area contributed by atoms with E-state index in [9.17, 15) is 9.59 Å². The largest absolute Gasteiger partial charge is 0.464 e. The molecule has 1 aliphatic heterocycles. The van der Waals surface area contributed by atoms with Gasteiger partial charge >= 0.3 is 5.97 Å². The second kappa shape index (κ2) is 10.1. The Morgan fingerprint density at radius 1 is 1.28 bits per heavy atom. The van der Waals surface area contributed by atoms with Gasteiger partial charge in [-0.2, -0.15) is 0 Å². The van der Waals surface area contributed by atoms with Crippen LogP contribution in [0.25, 0.3) is 0 Å². The average Bonchev–Trinajstić information content (AvgIpc) is 3.05. The van der Waals surface area contributed by atoms with Gasteiger partial charge in [-0.05, 0) is 30.5 Å². The maximum absolute atomic E-state index is 12.8. The molecule has 0 aliphatic carbocycles. The van der Waals surface area contributed by atoms with Gasteiger partial charge in [-0.25, -0.2) is 4.79 Å². The fourth-order valence-electron chi connectivity index (χ4n) is 2.78. The number of rotatable bonds is 8. The Balaban J connectivity index is 2.18. The van der Waals surface area contributed by atoms with Crippen LogP contribution in [0.4, 0.5) is 0 Å². The van der Waals surface area contributed by atoms with Crippen LogP contribution >= 0.6 is 23.4 Å². The molecule has 0 aromatic heterocycles. The third-order valence-electron chi connectivity index (χ3n) is 4.18. The number of amides is 1. The third-order valence-corrected chi connectivity index (χ3v) is 5.74. The molecule has 0 spiro atoms. The molecule has 4 nitrogen and oxygen atoms in total. The predicted octanol–water partition coefficient (Wildman–Crippen LogP) is 4.82. The molecule has 1 amide bonds. The van der Waals surface area contributed by atoms with Gasteiger partial charge in [0.15, 0.2) is 0 Å². The highest BCUT2D eigenvalue weighted by molar-refractivity contribution is 7.99. The molecule has 1 fully saturated rings. The number of halogens is 1. The highest BCUT2D eigenvalue weighted by atomic mass is 35.5. The summed E-state index contributed by atoms with van der Waals surface area (Å²) in [6.45, 7) is 4.52. The minimum atomic E-state index is -0.518. The van der Waals surface area contributed by atoms with Crippen molar-refractivity contribution in [3.05, 3.63) is 34.9 Å². The molecular formula is C19H26ClNO3S. The van der Waals surface area contributed by atoms with Crippen LogP contribution in [0, 0.1) is 0 Å². The molecule has 2 unspecified atom stereocenters. The SMILES string of the molecule is CCCCOC(=O)C1CSC(c2cccc(Cl)c2)N1C(=O)CCCC. The van der Waals surface area contributed by atoms with Crippen molar-refractivity contribution in [2.75, 3.05) is 12.4 Å². The van der Waals surface area contributed by atoms with Crippen molar-refractivity contribution in [2.24, 2.45) is 0 Å². The highest BCUT2D eigenvalue weighted by Gasteiger charge is 2.42. The van der Waals surface area contributed by atoms with Crippen molar-refractivity contribution >= 4 is 35.2 Å². The van der Waals surface area contributed by atoms with Crippen molar-refractivity contribution in [3.8, 4) is 0 Å². The average molecular weight is 384 g/mol. The van der Waals surface area contributed by atoms with Crippen LogP contribution in [0.3, 0.4) is 0 Å². The van der Waals surface area contributed by atoms with Crippen molar-refractivity contribution < 1.29 is 14.3 Å². The zero-order valence-electron chi connectivity index (χ0n) is 14.9. The number of hydrogen-bond donors (Lipinski definition) is 0. The molecule has 0 bridgehead atoms. The van der Waals surface area contributed by atoms with E-state index in [1.54, 1.807) is 16.7 Å². The molecule has 1 aromatic carbocycles. The first-order valence-corrected chi connectivity index (χ1v) is 10.4. The van der Waals surface area contributed by atoms with Gasteiger partial charge in [0.25, 0.3) is 0 Å². The quantitative estimate of drug-likeness (QED) is 0.477. The van der Waals surface area contributed by atoms with E-state index in [1.807, 2.05) is 24.3 Å². The lowest BCUT2D eigenvalue weighted by atomic mass is 10.1. The number of thioether (sulfide) groups is 1. The first-order valence-electron chi connectivity index (χ1n) is 8.93. The first kappa shape index (κ1) is 20.1. The predicted molar refractivity (Wildman–Crippen MR) is 103 cm³/mol. The zero-order valence-corrected chi connectivity index (χ0v) is 16.4. The normalized spacial score (nSPS) is 19.9. The summed E-state index contributed by atoms with van der Waals surface area (Å²) in [5.41, 5.74) is 0.950. The molecular weight excluding hydrogens is 358 g/mol. The maximum atomic E-state index is 12.8. The van der Waals surface area contributed by atoms with E-state index < -0.39 is 6.04 Å². The molecule has 1 aliphatic rings. The van der Waals surface area contributed by atoms with Crippen LogP contribution in [0.15, 0.2) is 24.3 Å². The van der Waals surface area contributed by atoms with Gasteiger partial charge in [-0.15, -0.1) is 11.8 Å². The number of esters is 1. The van der Waals surface area contributed by atoms with Crippen LogP contribution in [-0.2, 0) is 14.3 Å². The minimum Gasteiger partial charge on any atom is -0.464 e. The molecule has 1 heterocycles. The lowest BCUT2D eigenvalue weighted by Crippen LogP contribution is -2.43. The summed E-state index contributed by atoms with van der Waals surface area (Å²) in [6, 6.07) is 6.98. The molecule has 1 aromatic rings. The Morgan fingerprint density at radius 2 is 2.04 bits per heavy atom. The summed E-state index contributed by atoms with van der Waals surface area (Å²) in [6.07, 6.45) is 4.02. The molecule has 138 valence electrons. The highest BCUT2D eigenvalue weighted by Crippen LogP contribution is 2.42.